The number of hydrazone groups is 1. The van der Waals surface area contributed by atoms with Gasteiger partial charge in [-0.2, -0.15) is 5.10 Å². The van der Waals surface area contributed by atoms with Crippen molar-refractivity contribution in [2.24, 2.45) is 5.10 Å². The Morgan fingerprint density at radius 3 is 2.56 bits per heavy atom. The van der Waals surface area contributed by atoms with Crippen molar-refractivity contribution in [3.05, 3.63) is 64.2 Å². The van der Waals surface area contributed by atoms with Gasteiger partial charge >= 0.3 is 5.97 Å². The molecule has 0 unspecified atom stereocenters. The van der Waals surface area contributed by atoms with Crippen LogP contribution in [0.25, 0.3) is 0 Å². The molecule has 7 heteroatoms. The smallest absolute Gasteiger partial charge is 0.337 e. The van der Waals surface area contributed by atoms with Gasteiger partial charge in [0.2, 0.25) is 0 Å². The Labute approximate surface area is 150 Å². The van der Waals surface area contributed by atoms with E-state index in [9.17, 15) is 9.59 Å². The van der Waals surface area contributed by atoms with Crippen molar-refractivity contribution >= 4 is 29.7 Å². The summed E-state index contributed by atoms with van der Waals surface area (Å²) in [5.41, 5.74) is 4.38. The molecule has 0 atom stereocenters. The van der Waals surface area contributed by atoms with E-state index in [-0.39, 0.29) is 6.61 Å². The van der Waals surface area contributed by atoms with Crippen LogP contribution in [-0.4, -0.2) is 31.8 Å². The highest BCUT2D eigenvalue weighted by atomic mass is 35.5. The first-order valence-corrected chi connectivity index (χ1v) is 7.76. The number of aryl methyl sites for hydroxylation is 1. The molecular formula is C18H17ClN2O4. The molecule has 1 amide bonds. The summed E-state index contributed by atoms with van der Waals surface area (Å²) in [4.78, 5) is 23.1. The lowest BCUT2D eigenvalue weighted by atomic mass is 10.1. The molecule has 0 saturated carbocycles. The second-order valence-electron chi connectivity index (χ2n) is 5.11. The number of benzene rings is 2. The van der Waals surface area contributed by atoms with Crippen molar-refractivity contribution in [1.29, 1.82) is 0 Å². The summed E-state index contributed by atoms with van der Waals surface area (Å²) in [7, 11) is 1.32. The number of nitrogens with zero attached hydrogens (tertiary/aromatic N) is 1. The maximum Gasteiger partial charge on any atom is 0.337 e. The Bertz CT molecular complexity index is 788. The van der Waals surface area contributed by atoms with E-state index in [0.717, 1.165) is 11.1 Å². The fraction of sp³-hybridized carbons (Fsp3) is 0.167. The molecule has 25 heavy (non-hydrogen) atoms. The Morgan fingerprint density at radius 2 is 1.92 bits per heavy atom. The Kier molecular flexibility index (Phi) is 6.54. The van der Waals surface area contributed by atoms with Gasteiger partial charge in [-0.05, 0) is 48.4 Å². The van der Waals surface area contributed by atoms with Crippen molar-refractivity contribution in [3.63, 3.8) is 0 Å². The minimum absolute atomic E-state index is 0.166. The van der Waals surface area contributed by atoms with E-state index in [1.165, 1.54) is 13.3 Å². The zero-order valence-electron chi connectivity index (χ0n) is 13.8. The van der Waals surface area contributed by atoms with Crippen LogP contribution in [0.2, 0.25) is 5.02 Å². The van der Waals surface area contributed by atoms with Crippen molar-refractivity contribution in [1.82, 2.24) is 5.43 Å². The second kappa shape index (κ2) is 8.84. The number of hydrogen-bond acceptors (Lipinski definition) is 5. The number of ether oxygens (including phenoxy) is 2. The second-order valence-corrected chi connectivity index (χ2v) is 5.54. The van der Waals surface area contributed by atoms with E-state index < -0.39 is 11.9 Å². The number of methoxy groups -OCH3 is 1. The molecule has 2 aromatic rings. The fourth-order valence-electron chi connectivity index (χ4n) is 1.95. The summed E-state index contributed by atoms with van der Waals surface area (Å²) in [6.45, 7) is 1.68. The third-order valence-corrected chi connectivity index (χ3v) is 3.47. The van der Waals surface area contributed by atoms with Gasteiger partial charge in [-0.25, -0.2) is 10.2 Å². The van der Waals surface area contributed by atoms with E-state index in [2.05, 4.69) is 15.3 Å². The summed E-state index contributed by atoms with van der Waals surface area (Å²) in [5, 5.41) is 4.45. The molecule has 0 aromatic heterocycles. The van der Waals surface area contributed by atoms with Crippen molar-refractivity contribution < 1.29 is 19.1 Å². The molecule has 0 aliphatic heterocycles. The lowest BCUT2D eigenvalue weighted by Crippen LogP contribution is -2.24. The minimum Gasteiger partial charge on any atom is -0.483 e. The largest absolute Gasteiger partial charge is 0.483 e. The highest BCUT2D eigenvalue weighted by Gasteiger charge is 2.05. The van der Waals surface area contributed by atoms with Crippen molar-refractivity contribution in [2.45, 2.75) is 6.92 Å². The van der Waals surface area contributed by atoms with E-state index in [1.807, 2.05) is 6.92 Å². The number of carbonyl (C=O) groups is 2. The standard InChI is InChI=1S/C18H17ClN2O4/c1-12-9-15(19)7-8-16(12)25-11-17(22)21-20-10-13-3-5-14(6-4-13)18(23)24-2/h3-10H,11H2,1-2H3,(H,21,22). The van der Waals surface area contributed by atoms with Crippen molar-refractivity contribution in [3.8, 4) is 5.75 Å². The lowest BCUT2D eigenvalue weighted by Gasteiger charge is -2.08. The summed E-state index contributed by atoms with van der Waals surface area (Å²) in [5.74, 6) is -0.217. The van der Waals surface area contributed by atoms with Gasteiger partial charge in [-0.1, -0.05) is 23.7 Å². The average Bonchev–Trinajstić information content (AvgIpc) is 2.61. The number of halogens is 1. The first-order chi connectivity index (χ1) is 12.0. The highest BCUT2D eigenvalue weighted by molar-refractivity contribution is 6.30. The molecule has 1 N–H and O–H groups in total. The number of amides is 1. The van der Waals surface area contributed by atoms with Crippen molar-refractivity contribution in [2.75, 3.05) is 13.7 Å². The molecule has 0 fully saturated rings. The molecule has 0 saturated heterocycles. The van der Waals surface area contributed by atoms with Crippen LogP contribution >= 0.6 is 11.6 Å². The van der Waals surface area contributed by atoms with Gasteiger partial charge in [-0.15, -0.1) is 0 Å². The molecule has 130 valence electrons. The van der Waals surface area contributed by atoms with E-state index >= 15 is 0 Å². The van der Waals surface area contributed by atoms with E-state index in [1.54, 1.807) is 42.5 Å². The van der Waals surface area contributed by atoms with Crippen LogP contribution in [0.5, 0.6) is 5.75 Å². The summed E-state index contributed by atoms with van der Waals surface area (Å²) < 4.78 is 10.0. The van der Waals surface area contributed by atoms with Crippen LogP contribution in [-0.2, 0) is 9.53 Å². The van der Waals surface area contributed by atoms with Gasteiger partial charge in [0.05, 0.1) is 18.9 Å². The van der Waals surface area contributed by atoms with Gasteiger partial charge < -0.3 is 9.47 Å². The summed E-state index contributed by atoms with van der Waals surface area (Å²) in [6.07, 6.45) is 1.46. The maximum atomic E-state index is 11.7. The topological polar surface area (TPSA) is 77.0 Å². The van der Waals surface area contributed by atoms with Gasteiger partial charge in [0.25, 0.3) is 5.91 Å². The number of hydrogen-bond donors (Lipinski definition) is 1. The van der Waals surface area contributed by atoms with Gasteiger partial charge in [-0.3, -0.25) is 4.79 Å². The number of rotatable bonds is 6. The van der Waals surface area contributed by atoms with Crippen LogP contribution in [0.1, 0.15) is 21.5 Å². The Hall–Kier alpha value is -2.86. The molecule has 0 aliphatic carbocycles. The molecule has 0 spiro atoms. The molecule has 0 aliphatic rings. The number of nitrogens with one attached hydrogen (secondary N) is 1. The Balaban J connectivity index is 1.83. The monoisotopic (exact) mass is 360 g/mol. The van der Waals surface area contributed by atoms with Crippen LogP contribution < -0.4 is 10.2 Å². The predicted molar refractivity (Wildman–Crippen MR) is 95.2 cm³/mol. The SMILES string of the molecule is COC(=O)c1ccc(C=NNC(=O)COc2ccc(Cl)cc2C)cc1. The minimum atomic E-state index is -0.411. The van der Waals surface area contributed by atoms with Gasteiger partial charge in [0.1, 0.15) is 5.75 Å². The highest BCUT2D eigenvalue weighted by Crippen LogP contribution is 2.21. The maximum absolute atomic E-state index is 11.7. The predicted octanol–water partition coefficient (Wildman–Crippen LogP) is 2.96. The van der Waals surface area contributed by atoms with Crippen LogP contribution in [0.4, 0.5) is 0 Å². The molecule has 2 aromatic carbocycles. The molecule has 0 heterocycles. The molecule has 6 nitrogen and oxygen atoms in total. The van der Waals surface area contributed by atoms with Gasteiger partial charge in [0, 0.05) is 5.02 Å². The first kappa shape index (κ1) is 18.5. The van der Waals surface area contributed by atoms with E-state index in [0.29, 0.717) is 16.3 Å². The summed E-state index contributed by atoms with van der Waals surface area (Å²) >= 11 is 5.86. The van der Waals surface area contributed by atoms with Crippen LogP contribution in [0.3, 0.4) is 0 Å². The Morgan fingerprint density at radius 1 is 1.20 bits per heavy atom. The van der Waals surface area contributed by atoms with E-state index in [4.69, 9.17) is 16.3 Å². The zero-order valence-corrected chi connectivity index (χ0v) is 14.5. The molecule has 0 bridgehead atoms. The quantitative estimate of drug-likeness (QED) is 0.488. The number of esters is 1. The van der Waals surface area contributed by atoms with Crippen LogP contribution in [0.15, 0.2) is 47.6 Å². The lowest BCUT2D eigenvalue weighted by molar-refractivity contribution is -0.123. The molecular weight excluding hydrogens is 344 g/mol. The normalized spacial score (nSPS) is 10.5. The summed E-state index contributed by atoms with van der Waals surface area (Å²) in [6, 6.07) is 11.8. The first-order valence-electron chi connectivity index (χ1n) is 7.39. The molecule has 0 radical (unpaired) electrons. The average molecular weight is 361 g/mol. The zero-order chi connectivity index (χ0) is 18.2. The van der Waals surface area contributed by atoms with Crippen LogP contribution in [0, 0.1) is 6.92 Å². The third-order valence-electron chi connectivity index (χ3n) is 3.23. The number of carbonyl (C=O) groups excluding carboxylic acids is 2. The molecule has 2 rings (SSSR count). The third kappa shape index (κ3) is 5.61. The van der Waals surface area contributed by atoms with Gasteiger partial charge in [0.15, 0.2) is 6.61 Å². The fourth-order valence-corrected chi connectivity index (χ4v) is 2.18.